The van der Waals surface area contributed by atoms with Crippen LogP contribution >= 0.6 is 15.9 Å². The quantitative estimate of drug-likeness (QED) is 0.496. The fourth-order valence-corrected chi connectivity index (χ4v) is 5.13. The van der Waals surface area contributed by atoms with Crippen LogP contribution in [0.4, 0.5) is 0 Å². The van der Waals surface area contributed by atoms with E-state index in [4.69, 9.17) is 14.2 Å². The van der Waals surface area contributed by atoms with E-state index in [0.717, 1.165) is 24.4 Å². The van der Waals surface area contributed by atoms with Crippen LogP contribution < -0.4 is 26.6 Å². The first-order chi connectivity index (χ1) is 14.4. The van der Waals surface area contributed by atoms with Gasteiger partial charge in [0.05, 0.1) is 26.9 Å². The molecule has 0 aliphatic carbocycles. The fraction of sp³-hybridized carbons (Fsp3) is 0.429. The monoisotopic (exact) mass is 533 g/mol. The third kappa shape index (κ3) is 6.81. The van der Waals surface area contributed by atoms with Gasteiger partial charge in [-0.05, 0) is 42.8 Å². The lowest BCUT2D eigenvalue weighted by Gasteiger charge is -2.35. The van der Waals surface area contributed by atoms with E-state index >= 15 is 0 Å². The van der Waals surface area contributed by atoms with Crippen molar-refractivity contribution >= 4 is 26.0 Å². The molecule has 0 spiro atoms. The van der Waals surface area contributed by atoms with E-state index in [-0.39, 0.29) is 29.9 Å². The molecule has 0 bridgehead atoms. The average molecular weight is 535 g/mol. The third-order valence-corrected chi connectivity index (χ3v) is 6.89. The third-order valence-electron chi connectivity index (χ3n) is 4.95. The maximum absolute atomic E-state index is 13.1. The maximum Gasteiger partial charge on any atom is 0.244 e. The molecule has 1 N–H and O–H groups in total. The standard InChI is InChI=1S/C21H27BrN2O5S.ClH/c1-3-29-20-9-6-17(22)14-21(20)30(25,26)23-15-19(24-10-12-28-13-11-24)16-4-7-18(27-2)8-5-16;/h4-9,14,19,23H,3,10-13,15H2,1-2H3;1H/p-1. The van der Waals surface area contributed by atoms with Crippen LogP contribution in [0, 0.1) is 0 Å². The van der Waals surface area contributed by atoms with Gasteiger partial charge in [0.2, 0.25) is 10.0 Å². The summed E-state index contributed by atoms with van der Waals surface area (Å²) in [5, 5.41) is 0. The first-order valence-corrected chi connectivity index (χ1v) is 12.1. The molecular weight excluding hydrogens is 508 g/mol. The zero-order chi connectivity index (χ0) is 21.6. The molecule has 0 saturated carbocycles. The molecule has 1 unspecified atom stereocenters. The number of hydrogen-bond donors (Lipinski definition) is 1. The Morgan fingerprint density at radius 3 is 2.45 bits per heavy atom. The van der Waals surface area contributed by atoms with Gasteiger partial charge in [0, 0.05) is 30.1 Å². The highest BCUT2D eigenvalue weighted by molar-refractivity contribution is 9.10. The maximum atomic E-state index is 13.1. The summed E-state index contributed by atoms with van der Waals surface area (Å²) in [4.78, 5) is 2.35. The molecule has 10 heteroatoms. The molecule has 3 rings (SSSR count). The summed E-state index contributed by atoms with van der Waals surface area (Å²) in [6.45, 7) is 5.15. The topological polar surface area (TPSA) is 77.1 Å². The van der Waals surface area contributed by atoms with Crippen LogP contribution in [0.1, 0.15) is 18.5 Å². The lowest BCUT2D eigenvalue weighted by molar-refractivity contribution is -0.0000126. The predicted molar refractivity (Wildman–Crippen MR) is 119 cm³/mol. The minimum absolute atomic E-state index is 0. The Bertz CT molecular complexity index is 937. The largest absolute Gasteiger partial charge is 1.00 e. The zero-order valence-electron chi connectivity index (χ0n) is 17.5. The van der Waals surface area contributed by atoms with E-state index < -0.39 is 10.0 Å². The van der Waals surface area contributed by atoms with Crippen LogP contribution in [-0.2, 0) is 14.8 Å². The van der Waals surface area contributed by atoms with Gasteiger partial charge in [-0.3, -0.25) is 4.90 Å². The number of nitrogens with one attached hydrogen (secondary N) is 1. The van der Waals surface area contributed by atoms with Crippen LogP contribution in [0.25, 0.3) is 0 Å². The normalized spacial score (nSPS) is 15.7. The van der Waals surface area contributed by atoms with Gasteiger partial charge in [-0.1, -0.05) is 28.1 Å². The Morgan fingerprint density at radius 2 is 1.84 bits per heavy atom. The molecule has 1 aliphatic heterocycles. The fourth-order valence-electron chi connectivity index (χ4n) is 3.41. The van der Waals surface area contributed by atoms with Crippen LogP contribution in [0.2, 0.25) is 0 Å². The Balaban J connectivity index is 0.00000341. The van der Waals surface area contributed by atoms with Crippen molar-refractivity contribution < 1.29 is 35.0 Å². The lowest BCUT2D eigenvalue weighted by Crippen LogP contribution is -3.00. The second-order valence-corrected chi connectivity index (χ2v) is 9.46. The Hall–Kier alpha value is -1.36. The summed E-state index contributed by atoms with van der Waals surface area (Å²) >= 11 is 3.35. The second-order valence-electron chi connectivity index (χ2n) is 6.81. The van der Waals surface area contributed by atoms with Gasteiger partial charge >= 0.3 is 0 Å². The molecule has 0 aromatic heterocycles. The highest BCUT2D eigenvalue weighted by atomic mass is 79.9. The predicted octanol–water partition coefficient (Wildman–Crippen LogP) is 0.212. The van der Waals surface area contributed by atoms with Crippen LogP contribution in [0.3, 0.4) is 0 Å². The van der Waals surface area contributed by atoms with Gasteiger partial charge in [0.1, 0.15) is 16.4 Å². The van der Waals surface area contributed by atoms with Crippen molar-refractivity contribution in [2.45, 2.75) is 17.9 Å². The van der Waals surface area contributed by atoms with Gasteiger partial charge in [-0.2, -0.15) is 0 Å². The van der Waals surface area contributed by atoms with Crippen molar-refractivity contribution in [2.75, 3.05) is 46.6 Å². The van der Waals surface area contributed by atoms with Gasteiger partial charge in [-0.25, -0.2) is 13.1 Å². The molecular formula is C21H27BrClN2O5S-. The van der Waals surface area contributed by atoms with Gasteiger partial charge in [0.15, 0.2) is 0 Å². The zero-order valence-corrected chi connectivity index (χ0v) is 20.7. The van der Waals surface area contributed by atoms with Gasteiger partial charge in [-0.15, -0.1) is 0 Å². The first-order valence-electron chi connectivity index (χ1n) is 9.82. The van der Waals surface area contributed by atoms with Crippen LogP contribution in [-0.4, -0.2) is 59.9 Å². The summed E-state index contributed by atoms with van der Waals surface area (Å²) in [7, 11) is -2.16. The summed E-state index contributed by atoms with van der Waals surface area (Å²) in [5.74, 6) is 1.09. The first kappa shape index (κ1) is 25.9. The molecule has 1 aliphatic rings. The van der Waals surface area contributed by atoms with Crippen molar-refractivity contribution in [1.82, 2.24) is 9.62 Å². The minimum Gasteiger partial charge on any atom is -1.00 e. The number of hydrogen-bond acceptors (Lipinski definition) is 6. The number of nitrogens with zero attached hydrogens (tertiary/aromatic N) is 1. The molecule has 1 heterocycles. The van der Waals surface area contributed by atoms with Crippen molar-refractivity contribution in [1.29, 1.82) is 0 Å². The van der Waals surface area contributed by atoms with E-state index in [1.54, 1.807) is 25.3 Å². The summed E-state index contributed by atoms with van der Waals surface area (Å²) < 4.78 is 46.0. The lowest BCUT2D eigenvalue weighted by atomic mass is 10.0. The summed E-state index contributed by atoms with van der Waals surface area (Å²) in [5.41, 5.74) is 1.01. The molecule has 1 fully saturated rings. The second kappa shape index (κ2) is 12.0. The number of rotatable bonds is 9. The average Bonchev–Trinajstić information content (AvgIpc) is 2.76. The summed E-state index contributed by atoms with van der Waals surface area (Å²) in [6.07, 6.45) is 0. The van der Waals surface area contributed by atoms with E-state index in [2.05, 4.69) is 25.6 Å². The highest BCUT2D eigenvalue weighted by Gasteiger charge is 2.26. The molecule has 0 radical (unpaired) electrons. The van der Waals surface area contributed by atoms with Gasteiger partial charge < -0.3 is 26.6 Å². The van der Waals surface area contributed by atoms with E-state index in [0.29, 0.717) is 30.0 Å². The molecule has 2 aromatic carbocycles. The molecule has 2 aromatic rings. The van der Waals surface area contributed by atoms with Crippen LogP contribution in [0.5, 0.6) is 11.5 Å². The Kier molecular flexibility index (Phi) is 10.1. The number of halogens is 2. The number of morpholine rings is 1. The highest BCUT2D eigenvalue weighted by Crippen LogP contribution is 2.29. The van der Waals surface area contributed by atoms with E-state index in [1.807, 2.05) is 31.2 Å². The van der Waals surface area contributed by atoms with Gasteiger partial charge in [0.25, 0.3) is 0 Å². The number of sulfonamides is 1. The smallest absolute Gasteiger partial charge is 0.244 e. The molecule has 172 valence electrons. The number of methoxy groups -OCH3 is 1. The number of ether oxygens (including phenoxy) is 3. The Labute approximate surface area is 198 Å². The van der Waals surface area contributed by atoms with Crippen molar-refractivity contribution in [3.63, 3.8) is 0 Å². The summed E-state index contributed by atoms with van der Waals surface area (Å²) in [6, 6.07) is 12.6. The molecule has 1 saturated heterocycles. The molecule has 0 amide bonds. The molecule has 1 atom stereocenters. The van der Waals surface area contributed by atoms with Crippen molar-refractivity contribution in [2.24, 2.45) is 0 Å². The molecule has 31 heavy (non-hydrogen) atoms. The van der Waals surface area contributed by atoms with Crippen molar-refractivity contribution in [3.05, 3.63) is 52.5 Å². The minimum atomic E-state index is -3.78. The molecule has 7 nitrogen and oxygen atoms in total. The van der Waals surface area contributed by atoms with Crippen LogP contribution in [0.15, 0.2) is 51.8 Å². The van der Waals surface area contributed by atoms with Crippen molar-refractivity contribution in [3.8, 4) is 11.5 Å². The SMILES string of the molecule is CCOc1ccc(Br)cc1S(=O)(=O)NCC(c1ccc(OC)cc1)N1CCOCC1.[Cl-]. The van der Waals surface area contributed by atoms with E-state index in [1.165, 1.54) is 0 Å². The van der Waals surface area contributed by atoms with E-state index in [9.17, 15) is 8.42 Å². The Morgan fingerprint density at radius 1 is 1.16 bits per heavy atom. The number of benzene rings is 2.